The first kappa shape index (κ1) is 24.9. The molecule has 3 heterocycles. The molecule has 0 radical (unpaired) electrons. The number of benzene rings is 1. The van der Waals surface area contributed by atoms with Gasteiger partial charge in [-0.15, -0.1) is 0 Å². The Kier molecular flexibility index (Phi) is 6.40. The lowest BCUT2D eigenvalue weighted by Crippen LogP contribution is -2.65. The first-order chi connectivity index (χ1) is 17.0. The number of halogens is 1. The Labute approximate surface area is 211 Å². The van der Waals surface area contributed by atoms with Crippen LogP contribution in [0.15, 0.2) is 41.6 Å². The molecule has 2 aliphatic heterocycles. The van der Waals surface area contributed by atoms with Crippen LogP contribution in [0.5, 0.6) is 0 Å². The maximum atomic E-state index is 13.1. The number of amides is 1. The summed E-state index contributed by atoms with van der Waals surface area (Å²) < 4.78 is 42.3. The van der Waals surface area contributed by atoms with Gasteiger partial charge >= 0.3 is 6.09 Å². The minimum atomic E-state index is -3.35. The summed E-state index contributed by atoms with van der Waals surface area (Å²) in [6.45, 7) is 7.76. The standard InChI is InChI=1S/C25H32FN5O4S/c1-17-12-30(23-27-10-22(11-28-23)36(3,33)34)13-18(2)31(17)24(32)35-21-8-25(9-21)15-29(16-25)14-19-4-6-20(26)7-5-19/h4-7,10-11,17-18,21H,8-9,12-16H2,1-3H3/t17-,18+. The number of likely N-dealkylation sites (tertiary alicyclic amines) is 1. The van der Waals surface area contributed by atoms with Gasteiger partial charge in [-0.05, 0) is 44.4 Å². The predicted molar refractivity (Wildman–Crippen MR) is 132 cm³/mol. The van der Waals surface area contributed by atoms with Crippen molar-refractivity contribution in [3.63, 3.8) is 0 Å². The molecule has 0 N–H and O–H groups in total. The molecule has 1 aromatic heterocycles. The van der Waals surface area contributed by atoms with Crippen LogP contribution >= 0.6 is 0 Å². The van der Waals surface area contributed by atoms with Crippen molar-refractivity contribution in [1.82, 2.24) is 19.8 Å². The molecular weight excluding hydrogens is 485 g/mol. The van der Waals surface area contributed by atoms with Crippen molar-refractivity contribution in [2.45, 2.75) is 56.3 Å². The summed E-state index contributed by atoms with van der Waals surface area (Å²) >= 11 is 0. The van der Waals surface area contributed by atoms with Crippen LogP contribution < -0.4 is 4.90 Å². The molecule has 2 saturated heterocycles. The number of piperazine rings is 1. The van der Waals surface area contributed by atoms with Gasteiger partial charge < -0.3 is 9.64 Å². The highest BCUT2D eigenvalue weighted by Gasteiger charge is 2.54. The molecule has 1 aromatic carbocycles. The van der Waals surface area contributed by atoms with Crippen molar-refractivity contribution >= 4 is 21.9 Å². The van der Waals surface area contributed by atoms with E-state index in [9.17, 15) is 17.6 Å². The van der Waals surface area contributed by atoms with Crippen molar-refractivity contribution in [3.8, 4) is 0 Å². The number of hydrogen-bond acceptors (Lipinski definition) is 8. The quantitative estimate of drug-likeness (QED) is 0.598. The number of anilines is 1. The first-order valence-corrected chi connectivity index (χ1v) is 14.1. The topological polar surface area (TPSA) is 95.9 Å². The number of sulfone groups is 1. The number of carbonyl (C=O) groups is 1. The van der Waals surface area contributed by atoms with Crippen LogP contribution in [0, 0.1) is 11.2 Å². The van der Waals surface area contributed by atoms with E-state index in [0.29, 0.717) is 19.0 Å². The van der Waals surface area contributed by atoms with Gasteiger partial charge in [0.2, 0.25) is 5.95 Å². The maximum Gasteiger partial charge on any atom is 0.410 e. The third kappa shape index (κ3) is 5.04. The number of carbonyl (C=O) groups excluding carboxylic acids is 1. The van der Waals surface area contributed by atoms with E-state index in [-0.39, 0.29) is 40.4 Å². The number of hydrogen-bond donors (Lipinski definition) is 0. The zero-order valence-electron chi connectivity index (χ0n) is 20.8. The lowest BCUT2D eigenvalue weighted by molar-refractivity contribution is -0.137. The lowest BCUT2D eigenvalue weighted by atomic mass is 9.61. The number of ether oxygens (including phenoxy) is 1. The van der Waals surface area contributed by atoms with E-state index in [1.807, 2.05) is 30.9 Å². The highest BCUT2D eigenvalue weighted by molar-refractivity contribution is 7.90. The van der Waals surface area contributed by atoms with Crippen molar-refractivity contribution in [2.75, 3.05) is 37.3 Å². The second-order valence-electron chi connectivity index (χ2n) is 10.7. The minimum absolute atomic E-state index is 0.0604. The van der Waals surface area contributed by atoms with Gasteiger partial charge in [0, 0.05) is 44.4 Å². The van der Waals surface area contributed by atoms with Gasteiger partial charge in [0.05, 0.1) is 24.5 Å². The molecule has 36 heavy (non-hydrogen) atoms. The molecule has 9 nitrogen and oxygen atoms in total. The zero-order chi connectivity index (χ0) is 25.7. The van der Waals surface area contributed by atoms with Gasteiger partial charge in [0.15, 0.2) is 9.84 Å². The average molecular weight is 518 g/mol. The van der Waals surface area contributed by atoms with Crippen LogP contribution in [0.2, 0.25) is 0 Å². The lowest BCUT2D eigenvalue weighted by Gasteiger charge is -2.58. The summed E-state index contributed by atoms with van der Waals surface area (Å²) in [4.78, 5) is 27.6. The molecule has 1 amide bonds. The normalized spacial score (nSPS) is 24.3. The van der Waals surface area contributed by atoms with E-state index in [1.54, 1.807) is 4.90 Å². The molecule has 194 valence electrons. The molecule has 1 spiro atoms. The van der Waals surface area contributed by atoms with E-state index in [1.165, 1.54) is 24.5 Å². The molecular formula is C25H32FN5O4S. The average Bonchev–Trinajstić information content (AvgIpc) is 2.76. The Morgan fingerprint density at radius 3 is 2.22 bits per heavy atom. The van der Waals surface area contributed by atoms with Crippen LogP contribution in [0.1, 0.15) is 32.3 Å². The van der Waals surface area contributed by atoms with Gasteiger partial charge in [-0.1, -0.05) is 12.1 Å². The van der Waals surface area contributed by atoms with Crippen LogP contribution in [0.3, 0.4) is 0 Å². The monoisotopic (exact) mass is 517 g/mol. The summed E-state index contributed by atoms with van der Waals surface area (Å²) in [7, 11) is -3.35. The number of nitrogens with zero attached hydrogens (tertiary/aromatic N) is 5. The van der Waals surface area contributed by atoms with Gasteiger partial charge in [-0.2, -0.15) is 0 Å². The summed E-state index contributed by atoms with van der Waals surface area (Å²) in [5.74, 6) is 0.231. The zero-order valence-corrected chi connectivity index (χ0v) is 21.6. The molecule has 5 rings (SSSR count). The Morgan fingerprint density at radius 2 is 1.67 bits per heavy atom. The second kappa shape index (κ2) is 9.26. The highest BCUT2D eigenvalue weighted by Crippen LogP contribution is 2.50. The summed E-state index contributed by atoms with van der Waals surface area (Å²) in [6, 6.07) is 6.42. The highest BCUT2D eigenvalue weighted by atomic mass is 32.2. The number of rotatable bonds is 5. The van der Waals surface area contributed by atoms with Crippen LogP contribution in [-0.2, 0) is 21.1 Å². The van der Waals surface area contributed by atoms with Crippen molar-refractivity contribution < 1.29 is 22.3 Å². The fraction of sp³-hybridized carbons (Fsp3) is 0.560. The molecule has 0 unspecified atom stereocenters. The summed E-state index contributed by atoms with van der Waals surface area (Å²) in [6.07, 6.45) is 5.17. The van der Waals surface area contributed by atoms with Gasteiger partial charge in [-0.25, -0.2) is 27.6 Å². The van der Waals surface area contributed by atoms with Crippen LogP contribution in [0.25, 0.3) is 0 Å². The predicted octanol–water partition coefficient (Wildman–Crippen LogP) is 2.72. The molecule has 2 atom stereocenters. The van der Waals surface area contributed by atoms with Gasteiger partial charge in [0.1, 0.15) is 16.8 Å². The molecule has 3 fully saturated rings. The van der Waals surface area contributed by atoms with Crippen molar-refractivity contribution in [3.05, 3.63) is 48.0 Å². The Bertz CT molecular complexity index is 1200. The van der Waals surface area contributed by atoms with E-state index < -0.39 is 9.84 Å². The minimum Gasteiger partial charge on any atom is -0.446 e. The van der Waals surface area contributed by atoms with Crippen LogP contribution in [0.4, 0.5) is 15.1 Å². The molecule has 1 saturated carbocycles. The molecule has 11 heteroatoms. The summed E-state index contributed by atoms with van der Waals surface area (Å²) in [5, 5.41) is 0. The number of aromatic nitrogens is 2. The Balaban J connectivity index is 1.09. The SMILES string of the molecule is C[C@@H]1CN(c2ncc(S(C)(=O)=O)cn2)C[C@H](C)N1C(=O)OC1CC2(C1)CN(Cc1ccc(F)cc1)C2. The maximum absolute atomic E-state index is 13.1. The Morgan fingerprint density at radius 1 is 1.08 bits per heavy atom. The van der Waals surface area contributed by atoms with E-state index in [2.05, 4.69) is 14.9 Å². The van der Waals surface area contributed by atoms with Gasteiger partial charge in [-0.3, -0.25) is 9.80 Å². The molecule has 1 aliphatic carbocycles. The third-order valence-electron chi connectivity index (χ3n) is 7.48. The van der Waals surface area contributed by atoms with E-state index in [0.717, 1.165) is 44.3 Å². The fourth-order valence-corrected chi connectivity index (χ4v) is 6.31. The molecule has 2 aromatic rings. The van der Waals surface area contributed by atoms with Crippen LogP contribution in [-0.4, -0.2) is 84.9 Å². The van der Waals surface area contributed by atoms with E-state index in [4.69, 9.17) is 4.74 Å². The largest absolute Gasteiger partial charge is 0.446 e. The molecule has 0 bridgehead atoms. The smallest absolute Gasteiger partial charge is 0.410 e. The Hall–Kier alpha value is -2.79. The second-order valence-corrected chi connectivity index (χ2v) is 12.7. The molecule has 3 aliphatic rings. The fourth-order valence-electron chi connectivity index (χ4n) is 5.82. The van der Waals surface area contributed by atoms with Crippen molar-refractivity contribution in [2.24, 2.45) is 5.41 Å². The van der Waals surface area contributed by atoms with Gasteiger partial charge in [0.25, 0.3) is 0 Å². The van der Waals surface area contributed by atoms with Crippen molar-refractivity contribution in [1.29, 1.82) is 0 Å². The first-order valence-electron chi connectivity index (χ1n) is 12.2. The third-order valence-corrected chi connectivity index (χ3v) is 8.55. The van der Waals surface area contributed by atoms with E-state index >= 15 is 0 Å². The summed E-state index contributed by atoms with van der Waals surface area (Å²) in [5.41, 5.74) is 1.34.